The van der Waals surface area contributed by atoms with E-state index in [1.807, 2.05) is 0 Å². The highest BCUT2D eigenvalue weighted by Crippen LogP contribution is 2.23. The highest BCUT2D eigenvalue weighted by Gasteiger charge is 2.14. The molecule has 1 aromatic carbocycles. The molecule has 0 N–H and O–H groups in total. The van der Waals surface area contributed by atoms with Crippen LogP contribution in [0.15, 0.2) is 18.2 Å². The van der Waals surface area contributed by atoms with Gasteiger partial charge >= 0.3 is 0 Å². The molecule has 0 aromatic heterocycles. The van der Waals surface area contributed by atoms with Gasteiger partial charge in [-0.25, -0.2) is 0 Å². The minimum atomic E-state index is -0.576. The number of hydrogen-bond acceptors (Lipinski definition) is 4. The van der Waals surface area contributed by atoms with Crippen LogP contribution in [0.2, 0.25) is 0 Å². The molecule has 0 fully saturated rings. The number of rotatable bonds is 7. The fraction of sp³-hybridized carbons (Fsp3) is 0.462. The molecule has 0 bridgehead atoms. The van der Waals surface area contributed by atoms with Gasteiger partial charge in [0.1, 0.15) is 5.75 Å². The molecule has 0 spiro atoms. The highest BCUT2D eigenvalue weighted by atomic mass is 16.6. The number of nitro groups is 1. The molecule has 5 heteroatoms. The van der Waals surface area contributed by atoms with Crippen LogP contribution >= 0.6 is 0 Å². The summed E-state index contributed by atoms with van der Waals surface area (Å²) in [6.07, 6.45) is 2.62. The van der Waals surface area contributed by atoms with Crippen molar-refractivity contribution < 1.29 is 14.5 Å². The van der Waals surface area contributed by atoms with E-state index >= 15 is 0 Å². The molecule has 1 aromatic rings. The predicted molar refractivity (Wildman–Crippen MR) is 68.1 cm³/mol. The summed E-state index contributed by atoms with van der Waals surface area (Å²) in [7, 11) is 0. The van der Waals surface area contributed by atoms with E-state index in [1.54, 1.807) is 0 Å². The molecule has 1 unspecified atom stereocenters. The Morgan fingerprint density at radius 2 is 2.22 bits per heavy atom. The van der Waals surface area contributed by atoms with Crippen molar-refractivity contribution in [3.8, 4) is 5.75 Å². The predicted octanol–water partition coefficient (Wildman–Crippen LogP) is 3.22. The van der Waals surface area contributed by atoms with Crippen molar-refractivity contribution >= 4 is 12.0 Å². The number of nitro benzene ring substituents is 1. The number of ether oxygens (including phenoxy) is 1. The zero-order valence-electron chi connectivity index (χ0n) is 10.6. The van der Waals surface area contributed by atoms with Crippen LogP contribution in [0.4, 0.5) is 5.69 Å². The van der Waals surface area contributed by atoms with Gasteiger partial charge in [0.2, 0.25) is 0 Å². The van der Waals surface area contributed by atoms with Crippen LogP contribution in [0.5, 0.6) is 5.75 Å². The summed E-state index contributed by atoms with van der Waals surface area (Å²) in [4.78, 5) is 20.8. The summed E-state index contributed by atoms with van der Waals surface area (Å²) >= 11 is 0. The van der Waals surface area contributed by atoms with Crippen LogP contribution in [-0.2, 0) is 0 Å². The molecule has 0 saturated heterocycles. The Labute approximate surface area is 106 Å². The SMILES string of the molecule is CCCC(C)COc1ccc([N+](=O)[O-])c(C=O)c1. The maximum Gasteiger partial charge on any atom is 0.280 e. The quantitative estimate of drug-likeness (QED) is 0.424. The van der Waals surface area contributed by atoms with Gasteiger partial charge in [0.05, 0.1) is 17.1 Å². The third kappa shape index (κ3) is 3.84. The van der Waals surface area contributed by atoms with E-state index in [4.69, 9.17) is 4.74 Å². The first-order chi connectivity index (χ1) is 8.58. The molecule has 1 atom stereocenters. The number of hydrogen-bond donors (Lipinski definition) is 0. The Morgan fingerprint density at radius 1 is 1.50 bits per heavy atom. The summed E-state index contributed by atoms with van der Waals surface area (Å²) in [5.41, 5.74) is -0.153. The average Bonchev–Trinajstić information content (AvgIpc) is 2.36. The fourth-order valence-corrected chi connectivity index (χ4v) is 1.70. The number of nitrogens with zero attached hydrogens (tertiary/aromatic N) is 1. The smallest absolute Gasteiger partial charge is 0.280 e. The maximum absolute atomic E-state index is 10.8. The van der Waals surface area contributed by atoms with Crippen LogP contribution in [-0.4, -0.2) is 17.8 Å². The van der Waals surface area contributed by atoms with Gasteiger partial charge in [0, 0.05) is 6.07 Å². The lowest BCUT2D eigenvalue weighted by atomic mass is 10.1. The first kappa shape index (κ1) is 14.2. The van der Waals surface area contributed by atoms with Crippen LogP contribution in [0.1, 0.15) is 37.0 Å². The van der Waals surface area contributed by atoms with E-state index in [2.05, 4.69) is 13.8 Å². The summed E-state index contributed by atoms with van der Waals surface area (Å²) in [5.74, 6) is 0.913. The molecule has 98 valence electrons. The zero-order valence-corrected chi connectivity index (χ0v) is 10.6. The highest BCUT2D eigenvalue weighted by molar-refractivity contribution is 5.82. The molecule has 0 aliphatic rings. The Bertz CT molecular complexity index is 431. The third-order valence-electron chi connectivity index (χ3n) is 2.64. The van der Waals surface area contributed by atoms with Crippen molar-refractivity contribution in [2.24, 2.45) is 5.92 Å². The molecule has 0 radical (unpaired) electrons. The van der Waals surface area contributed by atoms with Gasteiger partial charge in [-0.05, 0) is 24.5 Å². The zero-order chi connectivity index (χ0) is 13.5. The minimum Gasteiger partial charge on any atom is -0.493 e. The van der Waals surface area contributed by atoms with E-state index in [0.29, 0.717) is 24.6 Å². The number of carbonyl (C=O) groups is 1. The second-order valence-electron chi connectivity index (χ2n) is 4.30. The van der Waals surface area contributed by atoms with Crippen molar-refractivity contribution in [2.45, 2.75) is 26.7 Å². The van der Waals surface area contributed by atoms with Crippen LogP contribution < -0.4 is 4.74 Å². The standard InChI is InChI=1S/C13H17NO4/c1-3-4-10(2)9-18-12-5-6-13(14(16)17)11(7-12)8-15/h5-8,10H,3-4,9H2,1-2H3. The molecule has 18 heavy (non-hydrogen) atoms. The Kier molecular flexibility index (Phi) is 5.30. The van der Waals surface area contributed by atoms with Gasteiger partial charge < -0.3 is 4.74 Å². The monoisotopic (exact) mass is 251 g/mol. The first-order valence-electron chi connectivity index (χ1n) is 5.94. The molecule has 0 heterocycles. The lowest BCUT2D eigenvalue weighted by molar-refractivity contribution is -0.385. The van der Waals surface area contributed by atoms with Gasteiger partial charge in [-0.2, -0.15) is 0 Å². The van der Waals surface area contributed by atoms with Crippen LogP contribution in [0, 0.1) is 16.0 Å². The summed E-state index contributed by atoms with van der Waals surface area (Å²) < 4.78 is 5.52. The summed E-state index contributed by atoms with van der Waals surface area (Å²) in [6.45, 7) is 4.73. The Morgan fingerprint density at radius 3 is 2.78 bits per heavy atom. The molecule has 0 aliphatic heterocycles. The molecular formula is C13H17NO4. The van der Waals surface area contributed by atoms with Crippen molar-refractivity contribution in [2.75, 3.05) is 6.61 Å². The Hall–Kier alpha value is -1.91. The van der Waals surface area contributed by atoms with Crippen molar-refractivity contribution in [1.82, 2.24) is 0 Å². The van der Waals surface area contributed by atoms with E-state index in [9.17, 15) is 14.9 Å². The number of aldehydes is 1. The topological polar surface area (TPSA) is 69.4 Å². The van der Waals surface area contributed by atoms with Gasteiger partial charge in [0.15, 0.2) is 6.29 Å². The number of benzene rings is 1. The van der Waals surface area contributed by atoms with Crippen molar-refractivity contribution in [1.29, 1.82) is 0 Å². The minimum absolute atomic E-state index is 0.0423. The van der Waals surface area contributed by atoms with E-state index in [0.717, 1.165) is 12.8 Å². The molecular weight excluding hydrogens is 234 g/mol. The van der Waals surface area contributed by atoms with Gasteiger partial charge in [-0.15, -0.1) is 0 Å². The average molecular weight is 251 g/mol. The van der Waals surface area contributed by atoms with Crippen molar-refractivity contribution in [3.63, 3.8) is 0 Å². The van der Waals surface area contributed by atoms with Crippen molar-refractivity contribution in [3.05, 3.63) is 33.9 Å². The van der Waals surface area contributed by atoms with Gasteiger partial charge in [0.25, 0.3) is 5.69 Å². The molecule has 5 nitrogen and oxygen atoms in total. The molecule has 0 aliphatic carbocycles. The van der Waals surface area contributed by atoms with Gasteiger partial charge in [-0.3, -0.25) is 14.9 Å². The van der Waals surface area contributed by atoms with E-state index in [-0.39, 0.29) is 11.3 Å². The van der Waals surface area contributed by atoms with E-state index in [1.165, 1.54) is 18.2 Å². The second kappa shape index (κ2) is 6.74. The first-order valence-corrected chi connectivity index (χ1v) is 5.94. The van der Waals surface area contributed by atoms with E-state index < -0.39 is 4.92 Å². The summed E-state index contributed by atoms with van der Waals surface area (Å²) in [5, 5.41) is 10.6. The maximum atomic E-state index is 10.8. The lowest BCUT2D eigenvalue weighted by Gasteiger charge is -2.12. The van der Waals surface area contributed by atoms with Crippen LogP contribution in [0.25, 0.3) is 0 Å². The normalized spacial score (nSPS) is 11.9. The third-order valence-corrected chi connectivity index (χ3v) is 2.64. The lowest BCUT2D eigenvalue weighted by Crippen LogP contribution is -2.08. The van der Waals surface area contributed by atoms with Gasteiger partial charge in [-0.1, -0.05) is 20.3 Å². The fourth-order valence-electron chi connectivity index (χ4n) is 1.70. The summed E-state index contributed by atoms with van der Waals surface area (Å²) in [6, 6.07) is 4.22. The second-order valence-corrected chi connectivity index (χ2v) is 4.30. The molecule has 0 saturated carbocycles. The molecule has 0 amide bonds. The Balaban J connectivity index is 2.74. The number of carbonyl (C=O) groups excluding carboxylic acids is 1. The van der Waals surface area contributed by atoms with Crippen LogP contribution in [0.3, 0.4) is 0 Å². The molecule has 1 rings (SSSR count). The largest absolute Gasteiger partial charge is 0.493 e.